The lowest BCUT2D eigenvalue weighted by Crippen LogP contribution is -2.25. The molecule has 2 rings (SSSR count). The van der Waals surface area contributed by atoms with E-state index in [0.717, 1.165) is 5.56 Å². The second-order valence-corrected chi connectivity index (χ2v) is 10.5. The van der Waals surface area contributed by atoms with Crippen LogP contribution >= 0.6 is 57.7 Å². The normalized spacial score (nSPS) is 12.3. The van der Waals surface area contributed by atoms with Crippen molar-refractivity contribution in [2.24, 2.45) is 0 Å². The number of carbonyl (C=O) groups is 1. The van der Waals surface area contributed by atoms with Crippen molar-refractivity contribution in [1.29, 1.82) is 0 Å². The molecular weight excluding hydrogens is 448 g/mol. The summed E-state index contributed by atoms with van der Waals surface area (Å²) in [5, 5.41) is 2.26. The average Bonchev–Trinajstić information content (AvgIpc) is 2.99. The molecule has 0 radical (unpaired) electrons. The minimum Gasteiger partial charge on any atom is -0.288 e. The number of hydrogen-bond donors (Lipinski definition) is 1. The maximum Gasteiger partial charge on any atom is 0.254 e. The Kier molecular flexibility index (Phi) is 7.18. The summed E-state index contributed by atoms with van der Waals surface area (Å²) in [4.78, 5) is 12.3. The summed E-state index contributed by atoms with van der Waals surface area (Å²) in [6, 6.07) is 7.58. The first kappa shape index (κ1) is 21.0. The quantitative estimate of drug-likeness (QED) is 0.364. The number of thiophene rings is 1. The highest BCUT2D eigenvalue weighted by atomic mass is 35.6. The van der Waals surface area contributed by atoms with E-state index >= 15 is 0 Å². The topological polar surface area (TPSA) is 63.2 Å². The third-order valence-electron chi connectivity index (χ3n) is 3.19. The van der Waals surface area contributed by atoms with Gasteiger partial charge in [-0.2, -0.15) is 0 Å². The van der Waals surface area contributed by atoms with Gasteiger partial charge in [-0.15, -0.1) is 11.3 Å². The first-order valence-electron chi connectivity index (χ1n) is 7.04. The van der Waals surface area contributed by atoms with Crippen molar-refractivity contribution in [3.05, 3.63) is 51.2 Å². The zero-order chi connectivity index (χ0) is 18.7. The molecule has 2 aromatic rings. The van der Waals surface area contributed by atoms with Crippen LogP contribution in [-0.4, -0.2) is 24.5 Å². The van der Waals surface area contributed by atoms with Gasteiger partial charge in [-0.3, -0.25) is 4.79 Å². The molecule has 25 heavy (non-hydrogen) atoms. The molecule has 0 aliphatic carbocycles. The van der Waals surface area contributed by atoms with E-state index in [1.165, 1.54) is 35.6 Å². The zero-order valence-corrected chi connectivity index (χ0v) is 17.3. The second-order valence-electron chi connectivity index (χ2n) is 5.10. The molecule has 0 spiro atoms. The molecule has 4 nitrogen and oxygen atoms in total. The number of halogens is 4. The van der Waals surface area contributed by atoms with E-state index in [1.807, 2.05) is 0 Å². The van der Waals surface area contributed by atoms with E-state index < -0.39 is 19.6 Å². The fraction of sp³-hybridized carbons (Fsp3) is 0.267. The van der Waals surface area contributed by atoms with Crippen LogP contribution in [0.25, 0.3) is 0 Å². The van der Waals surface area contributed by atoms with Crippen molar-refractivity contribution in [3.63, 3.8) is 0 Å². The Morgan fingerprint density at radius 3 is 2.40 bits per heavy atom. The van der Waals surface area contributed by atoms with Crippen LogP contribution in [0, 0.1) is 0 Å². The number of ketones is 1. The molecule has 0 fully saturated rings. The number of aryl methyl sites for hydroxylation is 1. The third-order valence-corrected chi connectivity index (χ3v) is 6.41. The van der Waals surface area contributed by atoms with Crippen LogP contribution < -0.4 is 4.72 Å². The van der Waals surface area contributed by atoms with E-state index in [0.29, 0.717) is 22.7 Å². The summed E-state index contributed by atoms with van der Waals surface area (Å²) in [6.45, 7) is 0.258. The predicted molar refractivity (Wildman–Crippen MR) is 104 cm³/mol. The number of Topliss-reactive ketones (excluding diaryl/α,β-unsaturated/α-hetero) is 1. The molecule has 10 heteroatoms. The fourth-order valence-corrected chi connectivity index (χ4v) is 4.58. The number of sulfonamides is 1. The molecule has 1 heterocycles. The minimum absolute atomic E-state index is 0.156. The Morgan fingerprint density at radius 1 is 1.16 bits per heavy atom. The van der Waals surface area contributed by atoms with E-state index in [-0.39, 0.29) is 11.4 Å². The highest BCUT2D eigenvalue weighted by Gasteiger charge is 2.32. The fourth-order valence-electron chi connectivity index (χ4n) is 1.96. The number of carbonyl (C=O) groups excluding carboxylic acids is 1. The Bertz CT molecular complexity index is 842. The van der Waals surface area contributed by atoms with Crippen molar-refractivity contribution in [1.82, 2.24) is 4.72 Å². The van der Waals surface area contributed by atoms with Crippen LogP contribution in [0.5, 0.6) is 0 Å². The van der Waals surface area contributed by atoms with Gasteiger partial charge < -0.3 is 0 Å². The van der Waals surface area contributed by atoms with Crippen molar-refractivity contribution < 1.29 is 13.2 Å². The molecule has 0 saturated heterocycles. The van der Waals surface area contributed by atoms with Crippen LogP contribution in [0.2, 0.25) is 5.02 Å². The van der Waals surface area contributed by atoms with Gasteiger partial charge in [0.15, 0.2) is 0 Å². The average molecular weight is 461 g/mol. The van der Waals surface area contributed by atoms with Crippen molar-refractivity contribution in [2.45, 2.75) is 21.5 Å². The Balaban J connectivity index is 1.86. The molecule has 136 valence electrons. The zero-order valence-electron chi connectivity index (χ0n) is 12.6. The predicted octanol–water partition coefficient (Wildman–Crippen LogP) is 4.87. The van der Waals surface area contributed by atoms with Gasteiger partial charge in [0.2, 0.25) is 15.8 Å². The summed E-state index contributed by atoms with van der Waals surface area (Å²) in [5.74, 6) is -0.572. The first-order chi connectivity index (χ1) is 11.6. The number of rotatable bonds is 7. The van der Waals surface area contributed by atoms with Crippen LogP contribution in [0.15, 0.2) is 40.6 Å². The number of benzene rings is 1. The van der Waals surface area contributed by atoms with Crippen molar-refractivity contribution >= 4 is 73.5 Å². The highest BCUT2D eigenvalue weighted by molar-refractivity contribution is 7.89. The highest BCUT2D eigenvalue weighted by Crippen LogP contribution is 2.32. The smallest absolute Gasteiger partial charge is 0.254 e. The lowest BCUT2D eigenvalue weighted by molar-refractivity contribution is 0.1000. The molecular formula is C15H13Cl4NO3S2. The standard InChI is InChI=1S/C15H13Cl4NO3S2/c16-11-3-5-12(6-4-11)25(22,23)20-7-1-2-10-8-13(24-9-10)14(21)15(17,18)19/h3-6,8-9,20H,1-2,7H2. The van der Waals surface area contributed by atoms with Crippen LogP contribution in [0.3, 0.4) is 0 Å². The molecule has 0 atom stereocenters. The van der Waals surface area contributed by atoms with Crippen LogP contribution in [0.4, 0.5) is 0 Å². The molecule has 0 aliphatic rings. The van der Waals surface area contributed by atoms with E-state index in [4.69, 9.17) is 46.4 Å². The lowest BCUT2D eigenvalue weighted by atomic mass is 10.2. The van der Waals surface area contributed by atoms with Crippen molar-refractivity contribution in [2.75, 3.05) is 6.54 Å². The Labute approximate surface area is 170 Å². The minimum atomic E-state index is -3.57. The third kappa shape index (κ3) is 6.10. The Morgan fingerprint density at radius 2 is 1.80 bits per heavy atom. The van der Waals surface area contributed by atoms with Crippen LogP contribution in [-0.2, 0) is 16.4 Å². The molecule has 0 aliphatic heterocycles. The maximum atomic E-state index is 12.1. The molecule has 0 amide bonds. The van der Waals surface area contributed by atoms with Gasteiger partial charge in [0.05, 0.1) is 9.77 Å². The van der Waals surface area contributed by atoms with Gasteiger partial charge in [-0.25, -0.2) is 13.1 Å². The summed E-state index contributed by atoms with van der Waals surface area (Å²) in [5.41, 5.74) is 0.883. The molecule has 0 unspecified atom stereocenters. The van der Waals surface area contributed by atoms with Gasteiger partial charge in [0.25, 0.3) is 3.79 Å². The van der Waals surface area contributed by atoms with E-state index in [2.05, 4.69) is 4.72 Å². The summed E-state index contributed by atoms with van der Waals surface area (Å²) in [6.07, 6.45) is 1.15. The van der Waals surface area contributed by atoms with Gasteiger partial charge >= 0.3 is 0 Å². The summed E-state index contributed by atoms with van der Waals surface area (Å²) < 4.78 is 24.8. The Hall–Kier alpha value is -0.340. The van der Waals surface area contributed by atoms with E-state index in [1.54, 1.807) is 11.4 Å². The first-order valence-corrected chi connectivity index (χ1v) is 10.9. The summed E-state index contributed by atoms with van der Waals surface area (Å²) >= 11 is 23.7. The number of alkyl halides is 3. The molecule has 0 bridgehead atoms. The van der Waals surface area contributed by atoms with Gasteiger partial charge in [-0.1, -0.05) is 46.4 Å². The van der Waals surface area contributed by atoms with Gasteiger partial charge in [0.1, 0.15) is 0 Å². The molecule has 1 N–H and O–H groups in total. The lowest BCUT2D eigenvalue weighted by Gasteiger charge is -2.07. The van der Waals surface area contributed by atoms with E-state index in [9.17, 15) is 13.2 Å². The SMILES string of the molecule is O=C(c1cc(CCCNS(=O)(=O)c2ccc(Cl)cc2)cs1)C(Cl)(Cl)Cl. The summed E-state index contributed by atoms with van der Waals surface area (Å²) in [7, 11) is -3.57. The second kappa shape index (κ2) is 8.57. The largest absolute Gasteiger partial charge is 0.288 e. The molecule has 1 aromatic carbocycles. The van der Waals surface area contributed by atoms with Crippen molar-refractivity contribution in [3.8, 4) is 0 Å². The number of hydrogen-bond acceptors (Lipinski definition) is 4. The maximum absolute atomic E-state index is 12.1. The monoisotopic (exact) mass is 459 g/mol. The molecule has 1 aromatic heterocycles. The molecule has 0 saturated carbocycles. The van der Waals surface area contributed by atoms with Crippen LogP contribution in [0.1, 0.15) is 21.7 Å². The van der Waals surface area contributed by atoms with Gasteiger partial charge in [0, 0.05) is 11.6 Å². The van der Waals surface area contributed by atoms with Gasteiger partial charge in [-0.05, 0) is 54.1 Å². The number of nitrogens with one attached hydrogen (secondary N) is 1.